The molecule has 0 saturated carbocycles. The molecule has 2 heterocycles. The second-order valence-corrected chi connectivity index (χ2v) is 6.32. The van der Waals surface area contributed by atoms with Gasteiger partial charge in [-0.25, -0.2) is 4.98 Å². The van der Waals surface area contributed by atoms with Gasteiger partial charge in [-0.15, -0.1) is 5.10 Å². The van der Waals surface area contributed by atoms with E-state index in [2.05, 4.69) is 30.7 Å². The van der Waals surface area contributed by atoms with Gasteiger partial charge in [-0.05, 0) is 30.7 Å². The molecule has 0 atom stereocenters. The molecule has 0 aliphatic rings. The number of anilines is 2. The summed E-state index contributed by atoms with van der Waals surface area (Å²) in [5.41, 5.74) is 2.13. The SMILES string of the molecule is Cc1ccccc1C(=O)Nc1nc(NC(=O)c2cnccn2)n(-c2ccccc2)n1. The van der Waals surface area contributed by atoms with Crippen LogP contribution in [0.3, 0.4) is 0 Å². The van der Waals surface area contributed by atoms with Crippen molar-refractivity contribution < 1.29 is 9.59 Å². The van der Waals surface area contributed by atoms with E-state index in [1.165, 1.54) is 23.3 Å². The van der Waals surface area contributed by atoms with E-state index in [0.717, 1.165) is 5.56 Å². The zero-order valence-corrected chi connectivity index (χ0v) is 16.0. The molecule has 0 bridgehead atoms. The molecule has 2 aromatic carbocycles. The molecule has 2 N–H and O–H groups in total. The summed E-state index contributed by atoms with van der Waals surface area (Å²) in [4.78, 5) is 37.3. The van der Waals surface area contributed by atoms with Gasteiger partial charge in [0.05, 0.1) is 11.9 Å². The molecule has 2 amide bonds. The predicted molar refractivity (Wildman–Crippen MR) is 110 cm³/mol. The Morgan fingerprint density at radius 2 is 1.67 bits per heavy atom. The molecule has 0 aliphatic carbocycles. The Kier molecular flexibility index (Phi) is 5.25. The zero-order chi connectivity index (χ0) is 20.9. The van der Waals surface area contributed by atoms with Crippen molar-refractivity contribution in [2.75, 3.05) is 10.6 Å². The first-order valence-corrected chi connectivity index (χ1v) is 9.08. The van der Waals surface area contributed by atoms with Crippen molar-refractivity contribution in [1.29, 1.82) is 0 Å². The van der Waals surface area contributed by atoms with Crippen LogP contribution in [0.4, 0.5) is 11.9 Å². The third-order valence-electron chi connectivity index (χ3n) is 4.24. The molecule has 0 aliphatic heterocycles. The van der Waals surface area contributed by atoms with Gasteiger partial charge in [0, 0.05) is 18.0 Å². The maximum atomic E-state index is 12.6. The highest BCUT2D eigenvalue weighted by Crippen LogP contribution is 2.18. The van der Waals surface area contributed by atoms with Crippen molar-refractivity contribution in [2.24, 2.45) is 0 Å². The Hall–Kier alpha value is -4.40. The monoisotopic (exact) mass is 399 g/mol. The summed E-state index contributed by atoms with van der Waals surface area (Å²) in [6.07, 6.45) is 4.24. The van der Waals surface area contributed by atoms with Gasteiger partial charge in [-0.2, -0.15) is 9.67 Å². The van der Waals surface area contributed by atoms with E-state index >= 15 is 0 Å². The third-order valence-corrected chi connectivity index (χ3v) is 4.24. The van der Waals surface area contributed by atoms with Crippen LogP contribution in [0.1, 0.15) is 26.4 Å². The molecule has 0 unspecified atom stereocenters. The van der Waals surface area contributed by atoms with E-state index in [-0.39, 0.29) is 23.5 Å². The van der Waals surface area contributed by atoms with Gasteiger partial charge in [0.15, 0.2) is 0 Å². The predicted octanol–water partition coefficient (Wildman–Crippen LogP) is 2.87. The Labute approximate surface area is 171 Å². The molecular formula is C21H17N7O2. The van der Waals surface area contributed by atoms with Crippen molar-refractivity contribution in [3.63, 3.8) is 0 Å². The van der Waals surface area contributed by atoms with Crippen molar-refractivity contribution in [3.05, 3.63) is 90.0 Å². The number of nitrogens with one attached hydrogen (secondary N) is 2. The Bertz CT molecular complexity index is 1190. The van der Waals surface area contributed by atoms with E-state index in [1.807, 2.05) is 37.3 Å². The minimum Gasteiger partial charge on any atom is -0.289 e. The molecule has 148 valence electrons. The number of amides is 2. The van der Waals surface area contributed by atoms with Crippen molar-refractivity contribution in [2.45, 2.75) is 6.92 Å². The van der Waals surface area contributed by atoms with E-state index < -0.39 is 5.91 Å². The van der Waals surface area contributed by atoms with Gasteiger partial charge >= 0.3 is 0 Å². The summed E-state index contributed by atoms with van der Waals surface area (Å²) < 4.78 is 1.43. The maximum Gasteiger partial charge on any atom is 0.278 e. The smallest absolute Gasteiger partial charge is 0.278 e. The number of carbonyl (C=O) groups is 2. The molecule has 4 rings (SSSR count). The molecule has 0 spiro atoms. The van der Waals surface area contributed by atoms with Crippen LogP contribution in [0.15, 0.2) is 73.2 Å². The number of rotatable bonds is 5. The highest BCUT2D eigenvalue weighted by atomic mass is 16.2. The Morgan fingerprint density at radius 1 is 0.900 bits per heavy atom. The van der Waals surface area contributed by atoms with Crippen molar-refractivity contribution >= 4 is 23.7 Å². The molecule has 2 aromatic heterocycles. The minimum atomic E-state index is -0.496. The lowest BCUT2D eigenvalue weighted by Gasteiger charge is -2.06. The highest BCUT2D eigenvalue weighted by molar-refractivity contribution is 6.05. The number of nitrogens with zero attached hydrogens (tertiary/aromatic N) is 5. The summed E-state index contributed by atoms with van der Waals surface area (Å²) in [6, 6.07) is 16.3. The average molecular weight is 399 g/mol. The number of hydrogen-bond acceptors (Lipinski definition) is 6. The summed E-state index contributed by atoms with van der Waals surface area (Å²) in [5.74, 6) is -0.645. The van der Waals surface area contributed by atoms with Crippen LogP contribution in [0.5, 0.6) is 0 Å². The fourth-order valence-electron chi connectivity index (χ4n) is 2.77. The summed E-state index contributed by atoms with van der Waals surface area (Å²) in [7, 11) is 0. The summed E-state index contributed by atoms with van der Waals surface area (Å²) in [6.45, 7) is 1.84. The number of hydrogen-bond donors (Lipinski definition) is 2. The minimum absolute atomic E-state index is 0.0570. The molecule has 9 heteroatoms. The molecular weight excluding hydrogens is 382 g/mol. The first kappa shape index (κ1) is 18.9. The Morgan fingerprint density at radius 3 is 2.40 bits per heavy atom. The first-order valence-electron chi connectivity index (χ1n) is 9.08. The van der Waals surface area contributed by atoms with Crippen LogP contribution in [-0.2, 0) is 0 Å². The fourth-order valence-corrected chi connectivity index (χ4v) is 2.77. The largest absolute Gasteiger partial charge is 0.289 e. The topological polar surface area (TPSA) is 115 Å². The molecule has 4 aromatic rings. The molecule has 0 saturated heterocycles. The molecule has 0 fully saturated rings. The molecule has 9 nitrogen and oxygen atoms in total. The lowest BCUT2D eigenvalue weighted by Crippen LogP contribution is -2.17. The second-order valence-electron chi connectivity index (χ2n) is 6.32. The van der Waals surface area contributed by atoms with E-state index in [1.54, 1.807) is 24.3 Å². The zero-order valence-electron chi connectivity index (χ0n) is 16.0. The third kappa shape index (κ3) is 4.04. The number of benzene rings is 2. The normalized spacial score (nSPS) is 10.4. The van der Waals surface area contributed by atoms with Crippen LogP contribution in [-0.4, -0.2) is 36.5 Å². The van der Waals surface area contributed by atoms with E-state index in [9.17, 15) is 9.59 Å². The van der Waals surface area contributed by atoms with Crippen LogP contribution < -0.4 is 10.6 Å². The number of para-hydroxylation sites is 1. The summed E-state index contributed by atoms with van der Waals surface area (Å²) >= 11 is 0. The van der Waals surface area contributed by atoms with Gasteiger partial charge in [-0.3, -0.25) is 25.2 Å². The van der Waals surface area contributed by atoms with Gasteiger partial charge in [0.2, 0.25) is 5.95 Å². The van der Waals surface area contributed by atoms with Crippen LogP contribution in [0.2, 0.25) is 0 Å². The van der Waals surface area contributed by atoms with Crippen LogP contribution in [0, 0.1) is 6.92 Å². The standard InChI is InChI=1S/C21H17N7O2/c1-14-7-5-6-10-16(14)18(29)24-20-26-21(25-19(30)17-13-22-11-12-23-17)28(27-20)15-8-3-2-4-9-15/h2-13H,1H3,(H2,24,25,26,27,29,30). The molecule has 0 radical (unpaired) electrons. The van der Waals surface area contributed by atoms with Gasteiger partial charge < -0.3 is 0 Å². The Balaban J connectivity index is 1.65. The van der Waals surface area contributed by atoms with Gasteiger partial charge in [0.1, 0.15) is 5.69 Å². The number of aromatic nitrogens is 5. The van der Waals surface area contributed by atoms with E-state index in [0.29, 0.717) is 11.3 Å². The average Bonchev–Trinajstić information content (AvgIpc) is 3.17. The molecule has 30 heavy (non-hydrogen) atoms. The van der Waals surface area contributed by atoms with Gasteiger partial charge in [0.25, 0.3) is 17.8 Å². The lowest BCUT2D eigenvalue weighted by molar-refractivity contribution is 0.101. The quantitative estimate of drug-likeness (QED) is 0.533. The van der Waals surface area contributed by atoms with Crippen molar-refractivity contribution in [3.8, 4) is 5.69 Å². The fraction of sp³-hybridized carbons (Fsp3) is 0.0476. The lowest BCUT2D eigenvalue weighted by atomic mass is 10.1. The van der Waals surface area contributed by atoms with Crippen LogP contribution in [0.25, 0.3) is 5.69 Å². The number of aryl methyl sites for hydroxylation is 1. The second kappa shape index (κ2) is 8.31. The van der Waals surface area contributed by atoms with Gasteiger partial charge in [-0.1, -0.05) is 36.4 Å². The van der Waals surface area contributed by atoms with Crippen LogP contribution >= 0.6 is 0 Å². The summed E-state index contributed by atoms with van der Waals surface area (Å²) in [5, 5.41) is 9.69. The van der Waals surface area contributed by atoms with Crippen molar-refractivity contribution in [1.82, 2.24) is 24.7 Å². The first-order chi connectivity index (χ1) is 14.6. The number of carbonyl (C=O) groups excluding carboxylic acids is 2. The highest BCUT2D eigenvalue weighted by Gasteiger charge is 2.18. The maximum absolute atomic E-state index is 12.6. The van der Waals surface area contributed by atoms with E-state index in [4.69, 9.17) is 0 Å².